The van der Waals surface area contributed by atoms with Crippen LogP contribution >= 0.6 is 0 Å². The van der Waals surface area contributed by atoms with Gasteiger partial charge in [0.05, 0.1) is 7.11 Å². The van der Waals surface area contributed by atoms with Gasteiger partial charge in [0, 0.05) is 23.5 Å². The molecule has 2 aromatic carbocycles. The van der Waals surface area contributed by atoms with Crippen molar-refractivity contribution < 1.29 is 31.7 Å². The molecule has 0 radical (unpaired) electrons. The molecule has 1 unspecified atom stereocenters. The third-order valence-corrected chi connectivity index (χ3v) is 7.88. The molecule has 0 fully saturated rings. The first kappa shape index (κ1) is 24.7. The van der Waals surface area contributed by atoms with E-state index in [1.165, 1.54) is 19.2 Å². The Bertz CT molecular complexity index is 1330. The van der Waals surface area contributed by atoms with Gasteiger partial charge < -0.3 is 13.7 Å². The monoisotopic (exact) mass is 496 g/mol. The van der Waals surface area contributed by atoms with Crippen LogP contribution in [0.25, 0.3) is 6.08 Å². The van der Waals surface area contributed by atoms with Crippen molar-refractivity contribution in [2.24, 2.45) is 0 Å². The van der Waals surface area contributed by atoms with Crippen LogP contribution in [0.15, 0.2) is 47.4 Å². The number of carbonyl (C=O) groups is 2. The summed E-state index contributed by atoms with van der Waals surface area (Å²) in [5.74, 6) is -1.11. The fourth-order valence-corrected chi connectivity index (χ4v) is 5.68. The van der Waals surface area contributed by atoms with E-state index in [2.05, 4.69) is 6.58 Å². The van der Waals surface area contributed by atoms with E-state index in [0.29, 0.717) is 24.0 Å². The van der Waals surface area contributed by atoms with E-state index in [1.54, 1.807) is 18.2 Å². The Morgan fingerprint density at radius 2 is 1.94 bits per heavy atom. The SMILES string of the molecule is C=Cc1c(C)c2c(c(OS(=O)(=O)c3ccc(C)cc3)c1C1C=C(CCC(=O)OC)CC1)C(=O)OC2. The van der Waals surface area contributed by atoms with Gasteiger partial charge in [-0.3, -0.25) is 4.79 Å². The van der Waals surface area contributed by atoms with Gasteiger partial charge in [-0.25, -0.2) is 4.79 Å². The predicted octanol–water partition coefficient (Wildman–Crippen LogP) is 5.14. The van der Waals surface area contributed by atoms with E-state index in [0.717, 1.165) is 28.7 Å². The molecule has 1 heterocycles. The zero-order chi connectivity index (χ0) is 25.3. The number of ether oxygens (including phenoxy) is 2. The lowest BCUT2D eigenvalue weighted by Gasteiger charge is -2.22. The molecule has 0 N–H and O–H groups in total. The second kappa shape index (κ2) is 9.70. The van der Waals surface area contributed by atoms with Crippen molar-refractivity contribution in [3.8, 4) is 5.75 Å². The smallest absolute Gasteiger partial charge is 0.342 e. The van der Waals surface area contributed by atoms with Gasteiger partial charge in [0.2, 0.25) is 0 Å². The number of aryl methyl sites for hydroxylation is 1. The van der Waals surface area contributed by atoms with Crippen molar-refractivity contribution in [1.29, 1.82) is 0 Å². The highest BCUT2D eigenvalue weighted by atomic mass is 32.2. The predicted molar refractivity (Wildman–Crippen MR) is 131 cm³/mol. The van der Waals surface area contributed by atoms with Crippen LogP contribution in [0.5, 0.6) is 5.75 Å². The number of rotatable bonds is 8. The summed E-state index contributed by atoms with van der Waals surface area (Å²) >= 11 is 0. The van der Waals surface area contributed by atoms with Crippen molar-refractivity contribution in [3.63, 3.8) is 0 Å². The molecule has 35 heavy (non-hydrogen) atoms. The van der Waals surface area contributed by atoms with Gasteiger partial charge in [0.25, 0.3) is 0 Å². The maximum atomic E-state index is 13.3. The van der Waals surface area contributed by atoms with E-state index in [-0.39, 0.29) is 41.1 Å². The second-order valence-corrected chi connectivity index (χ2v) is 10.4. The Morgan fingerprint density at radius 3 is 2.60 bits per heavy atom. The van der Waals surface area contributed by atoms with E-state index in [4.69, 9.17) is 13.7 Å². The Kier molecular flexibility index (Phi) is 6.85. The fourth-order valence-electron chi connectivity index (χ4n) is 4.73. The first-order valence-electron chi connectivity index (χ1n) is 11.4. The summed E-state index contributed by atoms with van der Waals surface area (Å²) in [6.07, 6.45) is 5.94. The molecule has 0 saturated carbocycles. The van der Waals surface area contributed by atoms with E-state index in [9.17, 15) is 18.0 Å². The van der Waals surface area contributed by atoms with Crippen molar-refractivity contribution in [3.05, 3.63) is 75.9 Å². The summed E-state index contributed by atoms with van der Waals surface area (Å²) in [7, 11) is -2.87. The minimum absolute atomic E-state index is 0.000886. The second-order valence-electron chi connectivity index (χ2n) is 8.81. The van der Waals surface area contributed by atoms with Gasteiger partial charge in [0.1, 0.15) is 17.1 Å². The maximum Gasteiger partial charge on any atom is 0.342 e. The van der Waals surface area contributed by atoms with Crippen LogP contribution in [0.4, 0.5) is 0 Å². The highest BCUT2D eigenvalue weighted by molar-refractivity contribution is 7.87. The summed E-state index contributed by atoms with van der Waals surface area (Å²) in [5.41, 5.74) is 4.88. The molecule has 0 bridgehead atoms. The molecule has 0 amide bonds. The zero-order valence-corrected chi connectivity index (χ0v) is 20.9. The highest BCUT2D eigenvalue weighted by Gasteiger charge is 2.37. The topological polar surface area (TPSA) is 96.0 Å². The highest BCUT2D eigenvalue weighted by Crippen LogP contribution is 2.47. The number of esters is 2. The van der Waals surface area contributed by atoms with Crippen molar-refractivity contribution in [1.82, 2.24) is 0 Å². The number of hydrogen-bond acceptors (Lipinski definition) is 7. The van der Waals surface area contributed by atoms with Gasteiger partial charge in [-0.2, -0.15) is 8.42 Å². The maximum absolute atomic E-state index is 13.3. The third kappa shape index (κ3) is 4.75. The molecule has 0 saturated heterocycles. The van der Waals surface area contributed by atoms with E-state index in [1.807, 2.05) is 19.9 Å². The van der Waals surface area contributed by atoms with Crippen LogP contribution in [0.1, 0.15) is 69.8 Å². The van der Waals surface area contributed by atoms with Crippen LogP contribution < -0.4 is 4.18 Å². The minimum Gasteiger partial charge on any atom is -0.469 e. The van der Waals surface area contributed by atoms with Gasteiger partial charge in [-0.15, -0.1) is 0 Å². The first-order chi connectivity index (χ1) is 16.7. The summed E-state index contributed by atoms with van der Waals surface area (Å²) in [5, 5.41) is 0. The number of methoxy groups -OCH3 is 1. The van der Waals surface area contributed by atoms with Crippen molar-refractivity contribution in [2.45, 2.75) is 57.0 Å². The van der Waals surface area contributed by atoms with Crippen LogP contribution in [0, 0.1) is 13.8 Å². The van der Waals surface area contributed by atoms with Crippen LogP contribution in [0.3, 0.4) is 0 Å². The Hall–Kier alpha value is -3.39. The molecule has 2 aromatic rings. The van der Waals surface area contributed by atoms with Gasteiger partial charge >= 0.3 is 22.1 Å². The minimum atomic E-state index is -4.23. The molecule has 4 rings (SSSR count). The molecule has 1 aliphatic heterocycles. The Labute approximate surface area is 205 Å². The molecule has 184 valence electrons. The lowest BCUT2D eigenvalue weighted by molar-refractivity contribution is -0.140. The van der Waals surface area contributed by atoms with Crippen LogP contribution in [0.2, 0.25) is 0 Å². The normalized spacial score (nSPS) is 16.9. The Balaban J connectivity index is 1.84. The largest absolute Gasteiger partial charge is 0.469 e. The molecule has 2 aliphatic rings. The van der Waals surface area contributed by atoms with Gasteiger partial charge in [-0.1, -0.05) is 42.0 Å². The lowest BCUT2D eigenvalue weighted by atomic mass is 9.85. The number of cyclic esters (lactones) is 1. The van der Waals surface area contributed by atoms with E-state index >= 15 is 0 Å². The zero-order valence-electron chi connectivity index (χ0n) is 20.1. The van der Waals surface area contributed by atoms with Crippen LogP contribution in [-0.2, 0) is 31.0 Å². The standard InChI is InChI=1S/C27H28O7S/c1-5-21-17(3)22-15-33-27(29)25(22)26(34-35(30,31)20-11-6-16(2)7-12-20)24(21)19-10-8-18(14-19)9-13-23(28)32-4/h5-7,11-12,14,19H,1,8-10,13,15H2,2-4H3. The third-order valence-electron chi connectivity index (χ3n) is 6.64. The van der Waals surface area contributed by atoms with Crippen molar-refractivity contribution >= 4 is 28.1 Å². The number of fused-ring (bicyclic) bond motifs is 1. The van der Waals surface area contributed by atoms with Gasteiger partial charge in [-0.05, 0) is 56.4 Å². The number of hydrogen-bond donors (Lipinski definition) is 0. The molecule has 1 atom stereocenters. The quantitative estimate of drug-likeness (QED) is 0.284. The molecule has 0 spiro atoms. The van der Waals surface area contributed by atoms with Crippen LogP contribution in [-0.4, -0.2) is 27.5 Å². The summed E-state index contributed by atoms with van der Waals surface area (Å²) < 4.78 is 42.3. The average molecular weight is 497 g/mol. The summed E-state index contributed by atoms with van der Waals surface area (Å²) in [4.78, 5) is 24.3. The van der Waals surface area contributed by atoms with Crippen molar-refractivity contribution in [2.75, 3.05) is 7.11 Å². The van der Waals surface area contributed by atoms with E-state index < -0.39 is 16.1 Å². The number of carbonyl (C=O) groups excluding carboxylic acids is 2. The summed E-state index contributed by atoms with van der Waals surface area (Å²) in [6, 6.07) is 6.33. The Morgan fingerprint density at radius 1 is 1.23 bits per heavy atom. The molecule has 0 aromatic heterocycles. The molecule has 7 nitrogen and oxygen atoms in total. The lowest BCUT2D eigenvalue weighted by Crippen LogP contribution is -2.16. The van der Waals surface area contributed by atoms with Gasteiger partial charge in [0.15, 0.2) is 5.75 Å². The average Bonchev–Trinajstić information content (AvgIpc) is 3.46. The summed E-state index contributed by atoms with van der Waals surface area (Å²) in [6.45, 7) is 7.73. The number of allylic oxidation sites excluding steroid dienone is 2. The molecule has 8 heteroatoms. The number of benzene rings is 2. The molecular formula is C27H28O7S. The molecule has 1 aliphatic carbocycles. The molecular weight excluding hydrogens is 468 g/mol. The fraction of sp³-hybridized carbons (Fsp3) is 0.333. The first-order valence-corrected chi connectivity index (χ1v) is 12.8.